The lowest BCUT2D eigenvalue weighted by molar-refractivity contribution is -0.139. The molecule has 5 rings (SSSR count). The van der Waals surface area contributed by atoms with E-state index < -0.39 is 12.0 Å². The molecule has 0 fully saturated rings. The van der Waals surface area contributed by atoms with Gasteiger partial charge in [0, 0.05) is 21.5 Å². The number of hydrogen-bond acceptors (Lipinski definition) is 7. The van der Waals surface area contributed by atoms with E-state index >= 15 is 0 Å². The van der Waals surface area contributed by atoms with Crippen LogP contribution in [0.2, 0.25) is 10.0 Å². The Hall–Kier alpha value is -2.91. The number of hydrogen-bond donors (Lipinski definition) is 0. The molecular weight excluding hydrogens is 527 g/mol. The lowest BCUT2D eigenvalue weighted by atomic mass is 10.0. The predicted molar refractivity (Wildman–Crippen MR) is 139 cm³/mol. The average Bonchev–Trinajstić information content (AvgIpc) is 3.55. The number of benzene rings is 1. The minimum absolute atomic E-state index is 0.232. The molecular formula is C25H18Cl2N2O4S2. The largest absolute Gasteiger partial charge is 0.463 e. The second-order valence-corrected chi connectivity index (χ2v) is 10.5. The van der Waals surface area contributed by atoms with Gasteiger partial charge < -0.3 is 9.15 Å². The Balaban J connectivity index is 1.62. The Labute approximate surface area is 218 Å². The number of carbonyl (C=O) groups is 1. The molecule has 3 aromatic heterocycles. The Morgan fingerprint density at radius 1 is 1.26 bits per heavy atom. The van der Waals surface area contributed by atoms with E-state index in [2.05, 4.69) is 4.99 Å². The number of fused-ring (bicyclic) bond motifs is 1. The summed E-state index contributed by atoms with van der Waals surface area (Å²) >= 11 is 15.0. The zero-order valence-corrected chi connectivity index (χ0v) is 21.7. The topological polar surface area (TPSA) is 73.8 Å². The second-order valence-electron chi connectivity index (χ2n) is 7.64. The monoisotopic (exact) mass is 544 g/mol. The van der Waals surface area contributed by atoms with Crippen molar-refractivity contribution < 1.29 is 13.9 Å². The maximum absolute atomic E-state index is 13.6. The van der Waals surface area contributed by atoms with Crippen LogP contribution in [0.5, 0.6) is 0 Å². The number of thiazole rings is 1. The highest BCUT2D eigenvalue weighted by molar-refractivity contribution is 7.10. The first-order valence-electron chi connectivity index (χ1n) is 10.7. The third kappa shape index (κ3) is 4.43. The quantitative estimate of drug-likeness (QED) is 0.314. The van der Waals surface area contributed by atoms with E-state index in [1.54, 1.807) is 54.8 Å². The van der Waals surface area contributed by atoms with Crippen LogP contribution in [0.3, 0.4) is 0 Å². The van der Waals surface area contributed by atoms with Gasteiger partial charge in [0.1, 0.15) is 17.6 Å². The number of rotatable bonds is 5. The van der Waals surface area contributed by atoms with Crippen LogP contribution in [0.1, 0.15) is 30.5 Å². The fourth-order valence-electron chi connectivity index (χ4n) is 3.90. The molecule has 0 saturated heterocycles. The second kappa shape index (κ2) is 9.62. The number of halogens is 2. The van der Waals surface area contributed by atoms with Crippen LogP contribution in [0, 0.1) is 0 Å². The zero-order valence-electron chi connectivity index (χ0n) is 18.6. The molecule has 0 amide bonds. The number of ether oxygens (including phenoxy) is 1. The summed E-state index contributed by atoms with van der Waals surface area (Å²) in [7, 11) is 0. The van der Waals surface area contributed by atoms with Gasteiger partial charge in [-0.2, -0.15) is 0 Å². The summed E-state index contributed by atoms with van der Waals surface area (Å²) in [6, 6.07) is 11.9. The van der Waals surface area contributed by atoms with Crippen molar-refractivity contribution in [1.82, 2.24) is 4.57 Å². The van der Waals surface area contributed by atoms with Crippen molar-refractivity contribution in [3.8, 4) is 11.3 Å². The van der Waals surface area contributed by atoms with E-state index in [1.165, 1.54) is 22.7 Å². The summed E-state index contributed by atoms with van der Waals surface area (Å²) in [5.74, 6) is 0.574. The third-order valence-corrected chi connectivity index (χ3v) is 7.88. The molecule has 6 nitrogen and oxygen atoms in total. The normalized spacial score (nSPS) is 15.8. The first-order valence-corrected chi connectivity index (χ1v) is 13.1. The van der Waals surface area contributed by atoms with E-state index in [0.29, 0.717) is 47.7 Å². The molecule has 0 unspecified atom stereocenters. The van der Waals surface area contributed by atoms with Crippen LogP contribution in [0.15, 0.2) is 73.3 Å². The Morgan fingerprint density at radius 3 is 2.80 bits per heavy atom. The first-order chi connectivity index (χ1) is 16.9. The van der Waals surface area contributed by atoms with Crippen molar-refractivity contribution in [1.29, 1.82) is 0 Å². The van der Waals surface area contributed by atoms with E-state index in [0.717, 1.165) is 4.88 Å². The fraction of sp³-hybridized carbons (Fsp3) is 0.160. The summed E-state index contributed by atoms with van der Waals surface area (Å²) in [6.45, 7) is 3.74. The molecule has 0 radical (unpaired) electrons. The zero-order chi connectivity index (χ0) is 24.7. The van der Waals surface area contributed by atoms with Gasteiger partial charge in [0.15, 0.2) is 4.80 Å². The number of esters is 1. The maximum Gasteiger partial charge on any atom is 0.338 e. The Morgan fingerprint density at radius 2 is 2.09 bits per heavy atom. The molecule has 1 aliphatic heterocycles. The summed E-state index contributed by atoms with van der Waals surface area (Å²) in [4.78, 5) is 32.3. The van der Waals surface area contributed by atoms with Gasteiger partial charge in [-0.15, -0.1) is 11.3 Å². The molecule has 1 aromatic carbocycles. The maximum atomic E-state index is 13.6. The first kappa shape index (κ1) is 23.8. The van der Waals surface area contributed by atoms with Crippen molar-refractivity contribution in [3.63, 3.8) is 0 Å². The van der Waals surface area contributed by atoms with Crippen molar-refractivity contribution in [2.24, 2.45) is 4.99 Å². The van der Waals surface area contributed by atoms with E-state index in [4.69, 9.17) is 32.4 Å². The van der Waals surface area contributed by atoms with Crippen molar-refractivity contribution in [2.75, 3.05) is 6.61 Å². The van der Waals surface area contributed by atoms with Gasteiger partial charge in [-0.3, -0.25) is 9.36 Å². The highest BCUT2D eigenvalue weighted by Gasteiger charge is 2.33. The molecule has 0 spiro atoms. The smallest absolute Gasteiger partial charge is 0.338 e. The van der Waals surface area contributed by atoms with Crippen LogP contribution in [-0.4, -0.2) is 17.1 Å². The van der Waals surface area contributed by atoms with Crippen molar-refractivity contribution in [3.05, 3.63) is 99.5 Å². The summed E-state index contributed by atoms with van der Waals surface area (Å²) < 4.78 is 13.2. The molecule has 10 heteroatoms. The highest BCUT2D eigenvalue weighted by atomic mass is 35.5. The SMILES string of the molecule is CCOC(=O)C1=C(C)N=c2s/c(=C\c3ccc(-c4ccc(Cl)cc4Cl)o3)c(=O)n2[C@H]1c1cccs1. The lowest BCUT2D eigenvalue weighted by Crippen LogP contribution is -2.39. The van der Waals surface area contributed by atoms with Crippen molar-refractivity contribution >= 4 is 57.9 Å². The van der Waals surface area contributed by atoms with E-state index in [1.807, 2.05) is 17.5 Å². The molecule has 4 aromatic rings. The van der Waals surface area contributed by atoms with Crippen LogP contribution < -0.4 is 14.9 Å². The van der Waals surface area contributed by atoms with Gasteiger partial charge in [0.05, 0.1) is 27.4 Å². The molecule has 0 bridgehead atoms. The number of thiophene rings is 1. The third-order valence-electron chi connectivity index (χ3n) is 5.43. The van der Waals surface area contributed by atoms with Crippen LogP contribution in [0.25, 0.3) is 17.4 Å². The van der Waals surface area contributed by atoms with Crippen LogP contribution in [-0.2, 0) is 9.53 Å². The van der Waals surface area contributed by atoms with Gasteiger partial charge in [-0.1, -0.05) is 40.6 Å². The number of carbonyl (C=O) groups excluding carboxylic acids is 1. The molecule has 178 valence electrons. The lowest BCUT2D eigenvalue weighted by Gasteiger charge is -2.23. The molecule has 0 saturated carbocycles. The Bertz CT molecular complexity index is 1640. The summed E-state index contributed by atoms with van der Waals surface area (Å²) in [6.07, 6.45) is 1.67. The summed E-state index contributed by atoms with van der Waals surface area (Å²) in [5, 5.41) is 2.91. The van der Waals surface area contributed by atoms with Gasteiger partial charge >= 0.3 is 5.97 Å². The van der Waals surface area contributed by atoms with Gasteiger partial charge in [0.2, 0.25) is 0 Å². The number of nitrogens with zero attached hydrogens (tertiary/aromatic N) is 2. The number of aromatic nitrogens is 1. The van der Waals surface area contributed by atoms with E-state index in [9.17, 15) is 9.59 Å². The van der Waals surface area contributed by atoms with Gasteiger partial charge in [0.25, 0.3) is 5.56 Å². The number of allylic oxidation sites excluding steroid dienone is 1. The summed E-state index contributed by atoms with van der Waals surface area (Å²) in [5.41, 5.74) is 1.34. The average molecular weight is 545 g/mol. The molecule has 1 atom stereocenters. The number of furan rings is 1. The molecule has 0 N–H and O–H groups in total. The predicted octanol–water partition coefficient (Wildman–Crippen LogP) is 5.43. The molecule has 0 aliphatic carbocycles. The standard InChI is InChI=1S/C25H18Cl2N2O4S2/c1-3-32-24(31)21-13(2)28-25-29(22(21)19-5-4-10-34-19)23(30)20(35-25)12-15-7-9-18(33-15)16-8-6-14(26)11-17(16)27/h4-12,22H,3H2,1-2H3/b20-12-/t22-/m0/s1. The minimum Gasteiger partial charge on any atom is -0.463 e. The van der Waals surface area contributed by atoms with Crippen LogP contribution in [0.4, 0.5) is 0 Å². The van der Waals surface area contributed by atoms with Crippen LogP contribution >= 0.6 is 45.9 Å². The highest BCUT2D eigenvalue weighted by Crippen LogP contribution is 2.34. The minimum atomic E-state index is -0.604. The molecule has 35 heavy (non-hydrogen) atoms. The van der Waals surface area contributed by atoms with Gasteiger partial charge in [-0.25, -0.2) is 9.79 Å². The molecule has 1 aliphatic rings. The fourth-order valence-corrected chi connectivity index (χ4v) is 6.25. The van der Waals surface area contributed by atoms with Crippen molar-refractivity contribution in [2.45, 2.75) is 19.9 Å². The molecule has 4 heterocycles. The Kier molecular flexibility index (Phi) is 6.55. The van der Waals surface area contributed by atoms with E-state index in [-0.39, 0.29) is 12.2 Å². The van der Waals surface area contributed by atoms with Gasteiger partial charge in [-0.05, 0) is 55.6 Å².